The van der Waals surface area contributed by atoms with Gasteiger partial charge >= 0.3 is 6.01 Å². The van der Waals surface area contributed by atoms with Gasteiger partial charge in [-0.2, -0.15) is 15.2 Å². The number of nitrogens with zero attached hydrogens (tertiary/aromatic N) is 7. The Morgan fingerprint density at radius 2 is 2.00 bits per heavy atom. The number of halogens is 1. The average Bonchev–Trinajstić information content (AvgIpc) is 3.54. The van der Waals surface area contributed by atoms with Crippen molar-refractivity contribution in [1.29, 1.82) is 5.26 Å². The van der Waals surface area contributed by atoms with Crippen molar-refractivity contribution >= 4 is 33.9 Å². The van der Waals surface area contributed by atoms with E-state index in [0.29, 0.717) is 31.7 Å². The van der Waals surface area contributed by atoms with Crippen LogP contribution < -0.4 is 14.5 Å². The predicted molar refractivity (Wildman–Crippen MR) is 155 cm³/mol. The first-order valence-corrected chi connectivity index (χ1v) is 14.3. The van der Waals surface area contributed by atoms with E-state index in [-0.39, 0.29) is 12.1 Å². The molecule has 0 bridgehead atoms. The van der Waals surface area contributed by atoms with Gasteiger partial charge in [-0.15, -0.1) is 0 Å². The summed E-state index contributed by atoms with van der Waals surface area (Å²) < 4.78 is 6.28. The zero-order valence-corrected chi connectivity index (χ0v) is 23.7. The maximum Gasteiger partial charge on any atom is 0.318 e. The highest BCUT2D eigenvalue weighted by Gasteiger charge is 2.34. The van der Waals surface area contributed by atoms with E-state index in [4.69, 9.17) is 26.3 Å². The van der Waals surface area contributed by atoms with Crippen molar-refractivity contribution in [2.75, 3.05) is 50.1 Å². The lowest BCUT2D eigenvalue weighted by atomic mass is 10.0. The van der Waals surface area contributed by atoms with E-state index >= 15 is 0 Å². The maximum absolute atomic E-state index is 9.56. The smallest absolute Gasteiger partial charge is 0.318 e. The standard InChI is InChI=1S/C30H36ClN7O/c1-20-15-23(16-38(20)19-32)36(3)29-24-12-14-37(27-11-5-8-21-7-4-10-25(31)28(21)27)17-26(24)33-30(34-29)39-18-22-9-6-13-35(22)2/h4-5,7-8,10-11,20,22-23H,6,9,12-18H2,1-3H3/t20-,22-,23-/m0/s1. The molecule has 0 N–H and O–H groups in total. The van der Waals surface area contributed by atoms with Crippen LogP contribution >= 0.6 is 11.6 Å². The number of hydrogen-bond acceptors (Lipinski definition) is 8. The zero-order valence-electron chi connectivity index (χ0n) is 23.0. The van der Waals surface area contributed by atoms with Gasteiger partial charge in [0, 0.05) is 48.9 Å². The Hall–Kier alpha value is -3.28. The molecule has 3 aliphatic heterocycles. The lowest BCUT2D eigenvalue weighted by Gasteiger charge is -2.34. The number of benzene rings is 2. The summed E-state index contributed by atoms with van der Waals surface area (Å²) in [5, 5.41) is 12.5. The fourth-order valence-electron chi connectivity index (χ4n) is 6.45. The summed E-state index contributed by atoms with van der Waals surface area (Å²) in [5.74, 6) is 0.933. The average molecular weight is 546 g/mol. The van der Waals surface area contributed by atoms with Crippen molar-refractivity contribution in [3.8, 4) is 12.2 Å². The molecule has 204 valence electrons. The van der Waals surface area contributed by atoms with Crippen LogP contribution in [0.4, 0.5) is 11.5 Å². The second kappa shape index (κ2) is 10.7. The molecule has 0 aliphatic carbocycles. The number of likely N-dealkylation sites (N-methyl/N-ethyl adjacent to an activating group) is 2. The molecule has 3 aliphatic rings. The first-order valence-electron chi connectivity index (χ1n) is 14.0. The first-order chi connectivity index (χ1) is 18.9. The Morgan fingerprint density at radius 1 is 1.18 bits per heavy atom. The normalized spacial score (nSPS) is 23.2. The van der Waals surface area contributed by atoms with Crippen molar-refractivity contribution in [2.24, 2.45) is 0 Å². The van der Waals surface area contributed by atoms with Gasteiger partial charge in [-0.05, 0) is 63.7 Å². The molecule has 2 saturated heterocycles. The minimum absolute atomic E-state index is 0.211. The zero-order chi connectivity index (χ0) is 27.1. The van der Waals surface area contributed by atoms with Crippen molar-refractivity contribution in [3.05, 3.63) is 52.7 Å². The molecule has 8 nitrogen and oxygen atoms in total. The molecule has 4 heterocycles. The molecule has 3 aromatic rings. The number of rotatable bonds is 6. The molecule has 6 rings (SSSR count). The van der Waals surface area contributed by atoms with E-state index in [0.717, 1.165) is 65.3 Å². The molecular weight excluding hydrogens is 510 g/mol. The minimum atomic E-state index is 0.211. The van der Waals surface area contributed by atoms with Crippen molar-refractivity contribution in [1.82, 2.24) is 19.8 Å². The molecule has 0 radical (unpaired) electrons. The molecule has 1 aromatic heterocycles. The van der Waals surface area contributed by atoms with Crippen LogP contribution in [0.2, 0.25) is 5.02 Å². The van der Waals surface area contributed by atoms with Crippen LogP contribution in [0.1, 0.15) is 37.4 Å². The number of aromatic nitrogens is 2. The Bertz CT molecular complexity index is 1400. The maximum atomic E-state index is 9.56. The number of ether oxygens (including phenoxy) is 1. The molecule has 2 aromatic carbocycles. The van der Waals surface area contributed by atoms with Gasteiger partial charge in [0.05, 0.1) is 23.3 Å². The van der Waals surface area contributed by atoms with Gasteiger partial charge in [0.15, 0.2) is 6.19 Å². The fraction of sp³-hybridized carbons (Fsp3) is 0.500. The summed E-state index contributed by atoms with van der Waals surface area (Å²) in [4.78, 5) is 18.8. The highest BCUT2D eigenvalue weighted by molar-refractivity contribution is 6.36. The third kappa shape index (κ3) is 4.94. The summed E-state index contributed by atoms with van der Waals surface area (Å²) in [7, 11) is 4.26. The van der Waals surface area contributed by atoms with Gasteiger partial charge in [-0.3, -0.25) is 0 Å². The number of nitriles is 1. The van der Waals surface area contributed by atoms with Crippen molar-refractivity contribution in [2.45, 2.75) is 57.3 Å². The summed E-state index contributed by atoms with van der Waals surface area (Å²) in [6.45, 7) is 6.02. The number of fused-ring (bicyclic) bond motifs is 2. The Morgan fingerprint density at radius 3 is 2.74 bits per heavy atom. The number of anilines is 2. The van der Waals surface area contributed by atoms with Crippen LogP contribution in [0.15, 0.2) is 36.4 Å². The van der Waals surface area contributed by atoms with E-state index in [1.165, 1.54) is 12.0 Å². The summed E-state index contributed by atoms with van der Waals surface area (Å²) in [5.41, 5.74) is 3.30. The molecule has 0 spiro atoms. The third-order valence-electron chi connectivity index (χ3n) is 8.83. The van der Waals surface area contributed by atoms with Crippen LogP contribution in [-0.2, 0) is 13.0 Å². The quantitative estimate of drug-likeness (QED) is 0.413. The molecule has 0 saturated carbocycles. The monoisotopic (exact) mass is 545 g/mol. The molecule has 0 unspecified atom stereocenters. The van der Waals surface area contributed by atoms with Crippen molar-refractivity contribution in [3.63, 3.8) is 0 Å². The molecular formula is C30H36ClN7O. The lowest BCUT2D eigenvalue weighted by molar-refractivity contribution is 0.187. The van der Waals surface area contributed by atoms with E-state index in [1.54, 1.807) is 0 Å². The highest BCUT2D eigenvalue weighted by atomic mass is 35.5. The van der Waals surface area contributed by atoms with Gasteiger partial charge in [-0.25, -0.2) is 0 Å². The summed E-state index contributed by atoms with van der Waals surface area (Å²) in [6.07, 6.45) is 6.43. The second-order valence-electron chi connectivity index (χ2n) is 11.2. The van der Waals surface area contributed by atoms with Crippen LogP contribution in [0.3, 0.4) is 0 Å². The molecule has 0 amide bonds. The molecule has 9 heteroatoms. The fourth-order valence-corrected chi connectivity index (χ4v) is 6.72. The van der Waals surface area contributed by atoms with E-state index < -0.39 is 0 Å². The van der Waals surface area contributed by atoms with Crippen LogP contribution in [-0.4, -0.2) is 78.2 Å². The van der Waals surface area contributed by atoms with E-state index in [9.17, 15) is 5.26 Å². The van der Waals surface area contributed by atoms with Gasteiger partial charge in [0.2, 0.25) is 0 Å². The third-order valence-corrected chi connectivity index (χ3v) is 9.15. The molecule has 2 fully saturated rings. The number of hydrogen-bond donors (Lipinski definition) is 0. The second-order valence-corrected chi connectivity index (χ2v) is 11.6. The van der Waals surface area contributed by atoms with Crippen LogP contribution in [0.5, 0.6) is 6.01 Å². The first kappa shape index (κ1) is 26.0. The van der Waals surface area contributed by atoms with E-state index in [2.05, 4.69) is 66.2 Å². The summed E-state index contributed by atoms with van der Waals surface area (Å²) >= 11 is 6.69. The number of likely N-dealkylation sites (tertiary alicyclic amines) is 2. The Kier molecular flexibility index (Phi) is 7.13. The minimum Gasteiger partial charge on any atom is -0.462 e. The van der Waals surface area contributed by atoms with Gasteiger partial charge in [0.1, 0.15) is 12.4 Å². The largest absolute Gasteiger partial charge is 0.462 e. The SMILES string of the molecule is C[C@H]1C[C@H](N(C)c2nc(OC[C@@H]3CCCN3C)nc3c2CCN(c2cccc4cccc(Cl)c24)C3)CN1C#N. The lowest BCUT2D eigenvalue weighted by Crippen LogP contribution is -2.38. The molecule has 39 heavy (non-hydrogen) atoms. The predicted octanol–water partition coefficient (Wildman–Crippen LogP) is 4.70. The van der Waals surface area contributed by atoms with Crippen LogP contribution in [0, 0.1) is 11.5 Å². The van der Waals surface area contributed by atoms with Crippen molar-refractivity contribution < 1.29 is 4.74 Å². The van der Waals surface area contributed by atoms with Crippen LogP contribution in [0.25, 0.3) is 10.8 Å². The Balaban J connectivity index is 1.34. The highest BCUT2D eigenvalue weighted by Crippen LogP contribution is 2.37. The van der Waals surface area contributed by atoms with E-state index in [1.807, 2.05) is 17.0 Å². The topological polar surface area (TPSA) is 71.8 Å². The Labute approximate surface area is 235 Å². The van der Waals surface area contributed by atoms with Gasteiger partial charge in [-0.1, -0.05) is 35.9 Å². The summed E-state index contributed by atoms with van der Waals surface area (Å²) in [6, 6.07) is 13.7. The van der Waals surface area contributed by atoms with Gasteiger partial charge in [0.25, 0.3) is 0 Å². The molecule has 3 atom stereocenters. The van der Waals surface area contributed by atoms with Gasteiger partial charge < -0.3 is 24.3 Å².